The van der Waals surface area contributed by atoms with Gasteiger partial charge in [0.1, 0.15) is 5.75 Å². The molecule has 3 N–H and O–H groups in total. The number of aliphatic hydroxyl groups is 1. The number of fused-ring (bicyclic) bond motifs is 1. The first-order chi connectivity index (χ1) is 7.83. The van der Waals surface area contributed by atoms with Gasteiger partial charge in [-0.15, -0.1) is 0 Å². The molecule has 0 amide bonds. The Morgan fingerprint density at radius 3 is 3.00 bits per heavy atom. The number of aliphatic hydroxyl groups excluding tert-OH is 1. The maximum atomic E-state index is 8.69. The van der Waals surface area contributed by atoms with E-state index in [2.05, 4.69) is 4.98 Å². The van der Waals surface area contributed by atoms with Crippen molar-refractivity contribution in [2.75, 3.05) is 18.9 Å². The van der Waals surface area contributed by atoms with Crippen LogP contribution < -0.4 is 10.5 Å². The highest BCUT2D eigenvalue weighted by atomic mass is 16.5. The number of nitrogen functional groups attached to an aromatic ring is 1. The molecule has 4 heteroatoms. The lowest BCUT2D eigenvalue weighted by Crippen LogP contribution is -2.00. The fourth-order valence-corrected chi connectivity index (χ4v) is 1.55. The van der Waals surface area contributed by atoms with Gasteiger partial charge in [0.05, 0.1) is 17.8 Å². The molecule has 16 heavy (non-hydrogen) atoms. The second kappa shape index (κ2) is 4.81. The number of hydrogen-bond acceptors (Lipinski definition) is 4. The average molecular weight is 218 g/mol. The Labute approximate surface area is 93.7 Å². The van der Waals surface area contributed by atoms with Crippen molar-refractivity contribution in [3.63, 3.8) is 0 Å². The molecule has 0 bridgehead atoms. The van der Waals surface area contributed by atoms with Crippen molar-refractivity contribution in [3.8, 4) is 5.75 Å². The van der Waals surface area contributed by atoms with Crippen molar-refractivity contribution in [3.05, 3.63) is 30.5 Å². The van der Waals surface area contributed by atoms with Crippen LogP contribution in [0.3, 0.4) is 0 Å². The minimum absolute atomic E-state index is 0.130. The van der Waals surface area contributed by atoms with E-state index >= 15 is 0 Å². The molecule has 0 radical (unpaired) electrons. The molecule has 4 nitrogen and oxygen atoms in total. The summed E-state index contributed by atoms with van der Waals surface area (Å²) < 4.78 is 5.56. The zero-order valence-electron chi connectivity index (χ0n) is 8.89. The molecule has 1 aromatic carbocycles. The predicted octanol–water partition coefficient (Wildman–Crippen LogP) is 1.58. The first-order valence-electron chi connectivity index (χ1n) is 5.20. The van der Waals surface area contributed by atoms with Crippen molar-refractivity contribution in [2.45, 2.75) is 6.42 Å². The van der Waals surface area contributed by atoms with E-state index in [1.807, 2.05) is 18.2 Å². The van der Waals surface area contributed by atoms with Crippen LogP contribution in [0.15, 0.2) is 30.5 Å². The maximum Gasteiger partial charge on any atom is 0.130 e. The van der Waals surface area contributed by atoms with Gasteiger partial charge in [0.25, 0.3) is 0 Å². The van der Waals surface area contributed by atoms with Gasteiger partial charge in [-0.2, -0.15) is 0 Å². The van der Waals surface area contributed by atoms with Gasteiger partial charge in [-0.25, -0.2) is 0 Å². The third kappa shape index (κ3) is 2.06. The highest BCUT2D eigenvalue weighted by Gasteiger charge is 2.04. The summed E-state index contributed by atoms with van der Waals surface area (Å²) >= 11 is 0. The molecule has 2 aromatic rings. The molecule has 84 valence electrons. The van der Waals surface area contributed by atoms with Gasteiger partial charge in [-0.1, -0.05) is 6.07 Å². The fraction of sp³-hybridized carbons (Fsp3) is 0.250. The normalized spacial score (nSPS) is 10.6. The maximum absolute atomic E-state index is 8.69. The van der Waals surface area contributed by atoms with E-state index in [4.69, 9.17) is 15.6 Å². The van der Waals surface area contributed by atoms with Gasteiger partial charge in [0.2, 0.25) is 0 Å². The monoisotopic (exact) mass is 218 g/mol. The van der Waals surface area contributed by atoms with Crippen molar-refractivity contribution >= 4 is 16.6 Å². The van der Waals surface area contributed by atoms with Crippen LogP contribution in [0.25, 0.3) is 10.9 Å². The molecular weight excluding hydrogens is 204 g/mol. The van der Waals surface area contributed by atoms with Gasteiger partial charge in [-0.05, 0) is 18.2 Å². The number of nitrogens with zero attached hydrogens (tertiary/aromatic N) is 1. The van der Waals surface area contributed by atoms with Gasteiger partial charge in [-0.3, -0.25) is 4.98 Å². The number of hydrogen-bond donors (Lipinski definition) is 2. The smallest absolute Gasteiger partial charge is 0.130 e. The second-order valence-corrected chi connectivity index (χ2v) is 3.48. The summed E-state index contributed by atoms with van der Waals surface area (Å²) in [5.41, 5.74) is 7.22. The van der Waals surface area contributed by atoms with E-state index in [0.717, 1.165) is 16.7 Å². The number of anilines is 1. The Hall–Kier alpha value is -1.81. The summed E-state index contributed by atoms with van der Waals surface area (Å²) in [6.07, 6.45) is 2.29. The lowest BCUT2D eigenvalue weighted by Gasteiger charge is -2.08. The van der Waals surface area contributed by atoms with Gasteiger partial charge in [0.15, 0.2) is 0 Å². The van der Waals surface area contributed by atoms with E-state index in [1.54, 1.807) is 12.3 Å². The van der Waals surface area contributed by atoms with Crippen LogP contribution in [-0.2, 0) is 0 Å². The van der Waals surface area contributed by atoms with Gasteiger partial charge >= 0.3 is 0 Å². The van der Waals surface area contributed by atoms with Gasteiger partial charge < -0.3 is 15.6 Å². The van der Waals surface area contributed by atoms with Crippen LogP contribution in [0.4, 0.5) is 5.69 Å². The van der Waals surface area contributed by atoms with Crippen LogP contribution in [0.5, 0.6) is 5.75 Å². The van der Waals surface area contributed by atoms with E-state index in [9.17, 15) is 0 Å². The Balaban J connectivity index is 2.34. The molecule has 1 heterocycles. The lowest BCUT2D eigenvalue weighted by molar-refractivity contribution is 0.235. The van der Waals surface area contributed by atoms with Crippen LogP contribution in [0.1, 0.15) is 6.42 Å². The standard InChI is InChI=1S/C12H14N2O2/c13-10-4-1-3-9-11(16-8-2-7-15)5-6-14-12(9)10/h1,3-6,15H,2,7-8,13H2. The summed E-state index contributed by atoms with van der Waals surface area (Å²) in [5, 5.41) is 9.59. The highest BCUT2D eigenvalue weighted by molar-refractivity contribution is 5.93. The Morgan fingerprint density at radius 1 is 1.31 bits per heavy atom. The van der Waals surface area contributed by atoms with E-state index in [1.165, 1.54) is 0 Å². The van der Waals surface area contributed by atoms with Gasteiger partial charge in [0, 0.05) is 24.6 Å². The summed E-state index contributed by atoms with van der Waals surface area (Å²) in [7, 11) is 0. The van der Waals surface area contributed by atoms with Crippen LogP contribution in [0, 0.1) is 0 Å². The molecule has 2 rings (SSSR count). The number of pyridine rings is 1. The third-order valence-corrected chi connectivity index (χ3v) is 2.32. The summed E-state index contributed by atoms with van der Waals surface area (Å²) in [5.74, 6) is 0.755. The first-order valence-corrected chi connectivity index (χ1v) is 5.20. The van der Waals surface area contributed by atoms with Crippen LogP contribution in [0.2, 0.25) is 0 Å². The molecule has 0 aliphatic rings. The lowest BCUT2D eigenvalue weighted by atomic mass is 10.2. The number of para-hydroxylation sites is 1. The molecule has 0 spiro atoms. The quantitative estimate of drug-likeness (QED) is 0.604. The molecule has 0 unspecified atom stereocenters. The number of nitrogens with two attached hydrogens (primary N) is 1. The fourth-order valence-electron chi connectivity index (χ4n) is 1.55. The van der Waals surface area contributed by atoms with E-state index < -0.39 is 0 Å². The number of benzene rings is 1. The van der Waals surface area contributed by atoms with E-state index in [-0.39, 0.29) is 6.61 Å². The van der Waals surface area contributed by atoms with Crippen LogP contribution in [-0.4, -0.2) is 23.3 Å². The van der Waals surface area contributed by atoms with Crippen molar-refractivity contribution in [1.29, 1.82) is 0 Å². The van der Waals surface area contributed by atoms with Crippen molar-refractivity contribution in [2.24, 2.45) is 0 Å². The molecule has 0 saturated heterocycles. The molecular formula is C12H14N2O2. The van der Waals surface area contributed by atoms with Crippen LogP contribution >= 0.6 is 0 Å². The third-order valence-electron chi connectivity index (χ3n) is 2.32. The predicted molar refractivity (Wildman–Crippen MR) is 63.4 cm³/mol. The van der Waals surface area contributed by atoms with E-state index in [0.29, 0.717) is 18.7 Å². The zero-order valence-corrected chi connectivity index (χ0v) is 8.89. The minimum Gasteiger partial charge on any atom is -0.493 e. The SMILES string of the molecule is Nc1cccc2c(OCCCO)ccnc12. The minimum atomic E-state index is 0.130. The van der Waals surface area contributed by atoms with Crippen molar-refractivity contribution in [1.82, 2.24) is 4.98 Å². The molecule has 0 aliphatic heterocycles. The zero-order chi connectivity index (χ0) is 11.4. The first kappa shape index (κ1) is 10.7. The number of ether oxygens (including phenoxy) is 1. The topological polar surface area (TPSA) is 68.4 Å². The summed E-state index contributed by atoms with van der Waals surface area (Å²) in [6.45, 7) is 0.621. The Kier molecular flexibility index (Phi) is 3.22. The highest BCUT2D eigenvalue weighted by Crippen LogP contribution is 2.27. The number of aromatic nitrogens is 1. The molecule has 1 aromatic heterocycles. The molecule has 0 fully saturated rings. The Bertz CT molecular complexity index is 485. The largest absolute Gasteiger partial charge is 0.493 e. The number of rotatable bonds is 4. The molecule has 0 saturated carbocycles. The van der Waals surface area contributed by atoms with Crippen molar-refractivity contribution < 1.29 is 9.84 Å². The summed E-state index contributed by atoms with van der Waals surface area (Å²) in [6, 6.07) is 7.41. The second-order valence-electron chi connectivity index (χ2n) is 3.48. The molecule has 0 aliphatic carbocycles. The summed E-state index contributed by atoms with van der Waals surface area (Å²) in [4.78, 5) is 4.22. The average Bonchev–Trinajstić information content (AvgIpc) is 2.31. The molecule has 0 atom stereocenters. The Morgan fingerprint density at radius 2 is 2.19 bits per heavy atom.